The summed E-state index contributed by atoms with van der Waals surface area (Å²) in [6.45, 7) is 0. The van der Waals surface area contributed by atoms with Crippen LogP contribution in [-0.4, -0.2) is 10.8 Å². The highest BCUT2D eigenvalue weighted by molar-refractivity contribution is 9.08. The number of nitrogens with zero attached hydrogens (tertiary/aromatic N) is 1. The number of non-ortho nitro benzene ring substituents is 1. The summed E-state index contributed by atoms with van der Waals surface area (Å²) in [6, 6.07) is 12.9. The Morgan fingerprint density at radius 3 is 2.20 bits per heavy atom. The first-order valence-electron chi connectivity index (χ1n) is 5.81. The second kappa shape index (κ2) is 6.29. The van der Waals surface area contributed by atoms with Gasteiger partial charge in [-0.25, -0.2) is 0 Å². The second-order valence-electron chi connectivity index (χ2n) is 4.09. The zero-order chi connectivity index (χ0) is 14.5. The first kappa shape index (κ1) is 14.2. The van der Waals surface area contributed by atoms with E-state index in [1.807, 2.05) is 12.1 Å². The van der Waals surface area contributed by atoms with Gasteiger partial charge in [0, 0.05) is 28.7 Å². The van der Waals surface area contributed by atoms with E-state index >= 15 is 0 Å². The molecule has 0 atom stereocenters. The smallest absolute Gasteiger partial charge is 0.269 e. The van der Waals surface area contributed by atoms with Crippen LogP contribution in [0.2, 0.25) is 0 Å². The number of anilines is 1. The van der Waals surface area contributed by atoms with E-state index < -0.39 is 4.92 Å². The van der Waals surface area contributed by atoms with E-state index in [4.69, 9.17) is 0 Å². The number of amides is 1. The highest BCUT2D eigenvalue weighted by atomic mass is 79.9. The maximum atomic E-state index is 12.0. The van der Waals surface area contributed by atoms with Crippen molar-refractivity contribution in [3.05, 3.63) is 69.8 Å². The molecule has 2 aromatic carbocycles. The van der Waals surface area contributed by atoms with E-state index in [0.717, 1.165) is 10.9 Å². The van der Waals surface area contributed by atoms with Gasteiger partial charge in [-0.05, 0) is 29.8 Å². The molecule has 0 saturated heterocycles. The molecule has 0 aliphatic carbocycles. The third-order valence-electron chi connectivity index (χ3n) is 2.71. The molecule has 102 valence electrons. The minimum atomic E-state index is -0.499. The van der Waals surface area contributed by atoms with Crippen molar-refractivity contribution in [1.29, 1.82) is 0 Å². The van der Waals surface area contributed by atoms with Crippen LogP contribution in [0.1, 0.15) is 15.9 Å². The van der Waals surface area contributed by atoms with Crippen molar-refractivity contribution in [3.63, 3.8) is 0 Å². The molecule has 0 unspecified atom stereocenters. The number of carbonyl (C=O) groups is 1. The number of hydrogen-bond acceptors (Lipinski definition) is 3. The van der Waals surface area contributed by atoms with Gasteiger partial charge in [0.25, 0.3) is 11.6 Å². The fourth-order valence-corrected chi connectivity index (χ4v) is 1.99. The molecular weight excluding hydrogens is 324 g/mol. The van der Waals surface area contributed by atoms with Crippen LogP contribution in [0.15, 0.2) is 48.5 Å². The van der Waals surface area contributed by atoms with Gasteiger partial charge in [-0.2, -0.15) is 0 Å². The molecule has 5 nitrogen and oxygen atoms in total. The molecule has 2 aromatic rings. The van der Waals surface area contributed by atoms with Crippen molar-refractivity contribution in [3.8, 4) is 0 Å². The molecule has 0 aliphatic heterocycles. The number of alkyl halides is 1. The normalized spacial score (nSPS) is 10.1. The molecule has 6 heteroatoms. The molecule has 1 amide bonds. The van der Waals surface area contributed by atoms with Gasteiger partial charge < -0.3 is 5.32 Å². The zero-order valence-electron chi connectivity index (χ0n) is 10.4. The minimum absolute atomic E-state index is 0.0387. The Labute approximate surface area is 123 Å². The summed E-state index contributed by atoms with van der Waals surface area (Å²) in [5.74, 6) is -0.300. The van der Waals surface area contributed by atoms with E-state index in [1.54, 1.807) is 12.1 Å². The van der Waals surface area contributed by atoms with Gasteiger partial charge >= 0.3 is 0 Å². The van der Waals surface area contributed by atoms with Gasteiger partial charge in [0.15, 0.2) is 0 Å². The monoisotopic (exact) mass is 334 g/mol. The summed E-state index contributed by atoms with van der Waals surface area (Å²) in [4.78, 5) is 22.0. The van der Waals surface area contributed by atoms with Crippen molar-refractivity contribution in [2.75, 3.05) is 5.32 Å². The molecule has 0 fully saturated rings. The Hall–Kier alpha value is -2.21. The quantitative estimate of drug-likeness (QED) is 0.525. The van der Waals surface area contributed by atoms with Crippen molar-refractivity contribution >= 4 is 33.2 Å². The molecule has 0 aliphatic rings. The lowest BCUT2D eigenvalue weighted by atomic mass is 10.2. The molecule has 0 bridgehead atoms. The number of halogens is 1. The molecule has 2 rings (SSSR count). The third kappa shape index (κ3) is 3.42. The molecule has 0 spiro atoms. The van der Waals surface area contributed by atoms with Crippen molar-refractivity contribution < 1.29 is 9.72 Å². The number of nitrogens with one attached hydrogen (secondary N) is 1. The highest BCUT2D eigenvalue weighted by Crippen LogP contribution is 2.15. The van der Waals surface area contributed by atoms with Gasteiger partial charge in [0.05, 0.1) is 4.92 Å². The fourth-order valence-electron chi connectivity index (χ4n) is 1.61. The number of hydrogen-bond donors (Lipinski definition) is 1. The number of benzene rings is 2. The summed E-state index contributed by atoms with van der Waals surface area (Å²) >= 11 is 3.35. The molecule has 1 N–H and O–H groups in total. The largest absolute Gasteiger partial charge is 0.322 e. The standard InChI is InChI=1S/C14H11BrN2O3/c15-9-10-1-5-12(6-2-10)16-14(18)11-3-7-13(8-4-11)17(19)20/h1-8H,9H2,(H,16,18). The van der Waals surface area contributed by atoms with Crippen LogP contribution >= 0.6 is 15.9 Å². The molecule has 0 aromatic heterocycles. The predicted octanol–water partition coefficient (Wildman–Crippen LogP) is 3.74. The van der Waals surface area contributed by atoms with Gasteiger partial charge in [-0.1, -0.05) is 28.1 Å². The third-order valence-corrected chi connectivity index (χ3v) is 3.35. The van der Waals surface area contributed by atoms with E-state index in [-0.39, 0.29) is 11.6 Å². The number of nitro benzene ring substituents is 1. The van der Waals surface area contributed by atoms with E-state index in [9.17, 15) is 14.9 Å². The Morgan fingerprint density at radius 1 is 1.10 bits per heavy atom. The van der Waals surface area contributed by atoms with E-state index in [1.165, 1.54) is 24.3 Å². The van der Waals surface area contributed by atoms with Crippen LogP contribution in [-0.2, 0) is 5.33 Å². The lowest BCUT2D eigenvalue weighted by Crippen LogP contribution is -2.11. The second-order valence-corrected chi connectivity index (χ2v) is 4.65. The summed E-state index contributed by atoms with van der Waals surface area (Å²) in [5, 5.41) is 14.0. The fraction of sp³-hybridized carbons (Fsp3) is 0.0714. The average Bonchev–Trinajstić information content (AvgIpc) is 2.48. The van der Waals surface area contributed by atoms with E-state index in [0.29, 0.717) is 11.3 Å². The van der Waals surface area contributed by atoms with Crippen LogP contribution in [0, 0.1) is 10.1 Å². The van der Waals surface area contributed by atoms with Crippen molar-refractivity contribution in [1.82, 2.24) is 0 Å². The van der Waals surface area contributed by atoms with Crippen LogP contribution in [0.4, 0.5) is 11.4 Å². The molecule has 20 heavy (non-hydrogen) atoms. The van der Waals surface area contributed by atoms with Gasteiger partial charge in [0.2, 0.25) is 0 Å². The number of rotatable bonds is 4. The molecule has 0 saturated carbocycles. The minimum Gasteiger partial charge on any atom is -0.322 e. The Kier molecular flexibility index (Phi) is 4.47. The summed E-state index contributed by atoms with van der Waals surface area (Å²) in [6.07, 6.45) is 0. The lowest BCUT2D eigenvalue weighted by Gasteiger charge is -2.05. The number of carbonyl (C=O) groups excluding carboxylic acids is 1. The first-order valence-corrected chi connectivity index (χ1v) is 6.93. The van der Waals surface area contributed by atoms with Gasteiger partial charge in [-0.15, -0.1) is 0 Å². The first-order chi connectivity index (χ1) is 9.60. The molecule has 0 heterocycles. The Bertz CT molecular complexity index is 624. The number of nitro groups is 1. The summed E-state index contributed by atoms with van der Waals surface area (Å²) in [5.41, 5.74) is 2.12. The summed E-state index contributed by atoms with van der Waals surface area (Å²) in [7, 11) is 0. The van der Waals surface area contributed by atoms with Crippen molar-refractivity contribution in [2.24, 2.45) is 0 Å². The topological polar surface area (TPSA) is 72.2 Å². The van der Waals surface area contributed by atoms with Crippen LogP contribution < -0.4 is 5.32 Å². The maximum Gasteiger partial charge on any atom is 0.269 e. The van der Waals surface area contributed by atoms with Gasteiger partial charge in [0.1, 0.15) is 0 Å². The lowest BCUT2D eigenvalue weighted by molar-refractivity contribution is -0.384. The highest BCUT2D eigenvalue weighted by Gasteiger charge is 2.09. The van der Waals surface area contributed by atoms with Crippen LogP contribution in [0.5, 0.6) is 0 Å². The predicted molar refractivity (Wildman–Crippen MR) is 80.1 cm³/mol. The molecule has 0 radical (unpaired) electrons. The SMILES string of the molecule is O=C(Nc1ccc(CBr)cc1)c1ccc([N+](=O)[O-])cc1. The van der Waals surface area contributed by atoms with Gasteiger partial charge in [-0.3, -0.25) is 14.9 Å². The Balaban J connectivity index is 2.08. The van der Waals surface area contributed by atoms with Crippen LogP contribution in [0.25, 0.3) is 0 Å². The maximum absolute atomic E-state index is 12.0. The average molecular weight is 335 g/mol. The summed E-state index contributed by atoms with van der Waals surface area (Å²) < 4.78 is 0. The molecular formula is C14H11BrN2O3. The van der Waals surface area contributed by atoms with Crippen molar-refractivity contribution in [2.45, 2.75) is 5.33 Å². The van der Waals surface area contributed by atoms with Crippen LogP contribution in [0.3, 0.4) is 0 Å². The zero-order valence-corrected chi connectivity index (χ0v) is 12.0. The Morgan fingerprint density at radius 2 is 1.70 bits per heavy atom. The van der Waals surface area contributed by atoms with E-state index in [2.05, 4.69) is 21.2 Å².